The van der Waals surface area contributed by atoms with Gasteiger partial charge in [-0.15, -0.1) is 6.58 Å². The van der Waals surface area contributed by atoms with Crippen LogP contribution in [0, 0.1) is 0 Å². The van der Waals surface area contributed by atoms with Crippen LogP contribution >= 0.6 is 23.2 Å². The first-order valence-corrected chi connectivity index (χ1v) is 12.2. The zero-order valence-electron chi connectivity index (χ0n) is 19.7. The first-order chi connectivity index (χ1) is 16.8. The van der Waals surface area contributed by atoms with Crippen LogP contribution in [0.15, 0.2) is 61.2 Å². The molecule has 1 unspecified atom stereocenters. The maximum absolute atomic E-state index is 13.8. The van der Waals surface area contributed by atoms with Crippen LogP contribution in [0.1, 0.15) is 56.4 Å². The first-order valence-electron chi connectivity index (χ1n) is 11.4. The lowest BCUT2D eigenvalue weighted by Gasteiger charge is -2.47. The number of ether oxygens (including phenoxy) is 1. The van der Waals surface area contributed by atoms with Gasteiger partial charge in [0.25, 0.3) is 11.8 Å². The third-order valence-corrected chi connectivity index (χ3v) is 6.25. The molecule has 0 aromatic heterocycles. The molecule has 1 aliphatic rings. The molecule has 1 saturated heterocycles. The summed E-state index contributed by atoms with van der Waals surface area (Å²) in [6.45, 7) is 6.98. The largest absolute Gasteiger partial charge is 0.358 e. The fourth-order valence-corrected chi connectivity index (χ4v) is 4.58. The van der Waals surface area contributed by atoms with Gasteiger partial charge in [0, 0.05) is 23.4 Å². The molecule has 1 heterocycles. The van der Waals surface area contributed by atoms with Gasteiger partial charge < -0.3 is 9.64 Å². The van der Waals surface area contributed by atoms with Gasteiger partial charge in [-0.05, 0) is 41.8 Å². The van der Waals surface area contributed by atoms with E-state index in [1.807, 2.05) is 31.2 Å². The fourth-order valence-electron chi connectivity index (χ4n) is 4.26. The molecule has 4 atom stereocenters. The van der Waals surface area contributed by atoms with Crippen LogP contribution in [0.25, 0.3) is 0 Å². The van der Waals surface area contributed by atoms with Crippen molar-refractivity contribution in [2.45, 2.75) is 57.4 Å². The average molecular weight is 518 g/mol. The molecule has 35 heavy (non-hydrogen) atoms. The molecule has 9 heteroatoms. The highest BCUT2D eigenvalue weighted by atomic mass is 35.5. The molecule has 0 aliphatic carbocycles. The van der Waals surface area contributed by atoms with E-state index in [1.165, 1.54) is 6.92 Å². The van der Waals surface area contributed by atoms with Crippen molar-refractivity contribution in [1.29, 1.82) is 0 Å². The monoisotopic (exact) mass is 517 g/mol. The van der Waals surface area contributed by atoms with Crippen molar-refractivity contribution in [2.24, 2.45) is 0 Å². The molecule has 3 rings (SSSR count). The third-order valence-electron chi connectivity index (χ3n) is 5.76. The van der Waals surface area contributed by atoms with E-state index in [2.05, 4.69) is 17.4 Å². The second-order valence-electron chi connectivity index (χ2n) is 8.34. The Morgan fingerprint density at radius 1 is 1.11 bits per heavy atom. The average Bonchev–Trinajstić information content (AvgIpc) is 2.83. The summed E-state index contributed by atoms with van der Waals surface area (Å²) < 4.78 is 6.36. The second-order valence-corrected chi connectivity index (χ2v) is 9.21. The minimum absolute atomic E-state index is 0.270. The molecule has 7 nitrogen and oxygen atoms in total. The molecule has 1 aliphatic heterocycles. The Morgan fingerprint density at radius 2 is 1.83 bits per heavy atom. The van der Waals surface area contributed by atoms with E-state index in [-0.39, 0.29) is 12.3 Å². The van der Waals surface area contributed by atoms with Crippen molar-refractivity contribution in [1.82, 2.24) is 15.8 Å². The number of carbonyl (C=O) groups is 3. The van der Waals surface area contributed by atoms with Crippen molar-refractivity contribution in [2.75, 3.05) is 0 Å². The summed E-state index contributed by atoms with van der Waals surface area (Å²) in [5.41, 5.74) is 6.28. The molecule has 0 saturated carbocycles. The van der Waals surface area contributed by atoms with Crippen molar-refractivity contribution in [3.8, 4) is 0 Å². The number of benzene rings is 2. The van der Waals surface area contributed by atoms with Gasteiger partial charge in [0.2, 0.25) is 5.91 Å². The van der Waals surface area contributed by atoms with Gasteiger partial charge >= 0.3 is 0 Å². The Morgan fingerprint density at radius 3 is 2.43 bits per heavy atom. The lowest BCUT2D eigenvalue weighted by atomic mass is 9.89. The van der Waals surface area contributed by atoms with E-state index in [0.29, 0.717) is 22.9 Å². The molecule has 1 fully saturated rings. The number of hydrogen-bond donors (Lipinski definition) is 2. The SMILES string of the molecule is C=CC[C@@H]1O[C@@H](c2cccc(Cl)c2)[C@@H](c2ccc(Cl)cc2)N(C(CCC)C(=O)NNC(C)=O)C1=O. The molecular weight excluding hydrogens is 489 g/mol. The maximum atomic E-state index is 13.8. The van der Waals surface area contributed by atoms with Gasteiger partial charge in [-0.3, -0.25) is 25.2 Å². The highest BCUT2D eigenvalue weighted by molar-refractivity contribution is 6.30. The summed E-state index contributed by atoms with van der Waals surface area (Å²) in [5, 5.41) is 1.07. The van der Waals surface area contributed by atoms with Crippen LogP contribution in [-0.4, -0.2) is 34.8 Å². The van der Waals surface area contributed by atoms with Crippen molar-refractivity contribution in [3.05, 3.63) is 82.4 Å². The smallest absolute Gasteiger partial charge is 0.261 e. The number of rotatable bonds is 8. The van der Waals surface area contributed by atoms with Crippen LogP contribution in [0.2, 0.25) is 10.0 Å². The molecule has 3 amide bonds. The molecule has 0 radical (unpaired) electrons. The fraction of sp³-hybridized carbons (Fsp3) is 0.346. The molecule has 2 aromatic rings. The molecule has 0 spiro atoms. The minimum atomic E-state index is -0.863. The van der Waals surface area contributed by atoms with E-state index in [4.69, 9.17) is 27.9 Å². The molecule has 186 valence electrons. The topological polar surface area (TPSA) is 87.7 Å². The Labute approximate surface area is 215 Å². The van der Waals surface area contributed by atoms with Gasteiger partial charge in [-0.25, -0.2) is 0 Å². The summed E-state index contributed by atoms with van der Waals surface area (Å²) in [6, 6.07) is 12.8. The number of nitrogens with zero attached hydrogens (tertiary/aromatic N) is 1. The van der Waals surface area contributed by atoms with E-state index in [0.717, 1.165) is 11.1 Å². The van der Waals surface area contributed by atoms with Crippen molar-refractivity contribution < 1.29 is 19.1 Å². The summed E-state index contributed by atoms with van der Waals surface area (Å²) >= 11 is 12.4. The van der Waals surface area contributed by atoms with Crippen LogP contribution in [0.3, 0.4) is 0 Å². The first kappa shape index (κ1) is 26.7. The Bertz CT molecular complexity index is 1080. The van der Waals surface area contributed by atoms with Crippen LogP contribution in [0.5, 0.6) is 0 Å². The molecule has 2 aromatic carbocycles. The highest BCUT2D eigenvalue weighted by Crippen LogP contribution is 2.44. The van der Waals surface area contributed by atoms with Crippen molar-refractivity contribution in [3.63, 3.8) is 0 Å². The second kappa shape index (κ2) is 12.2. The summed E-state index contributed by atoms with van der Waals surface area (Å²) in [7, 11) is 0. The lowest BCUT2D eigenvalue weighted by molar-refractivity contribution is -0.181. The summed E-state index contributed by atoms with van der Waals surface area (Å²) in [5.74, 6) is -1.24. The minimum Gasteiger partial charge on any atom is -0.358 e. The number of carbonyl (C=O) groups excluding carboxylic acids is 3. The van der Waals surface area contributed by atoms with Gasteiger partial charge in [0.1, 0.15) is 18.2 Å². The summed E-state index contributed by atoms with van der Waals surface area (Å²) in [6.07, 6.45) is 1.43. The number of halogens is 2. The van der Waals surface area contributed by atoms with Gasteiger partial charge in [0.05, 0.1) is 6.04 Å². The molecule has 0 bridgehead atoms. The quantitative estimate of drug-likeness (QED) is 0.384. The van der Waals surface area contributed by atoms with E-state index < -0.39 is 36.1 Å². The van der Waals surface area contributed by atoms with Crippen LogP contribution in [0.4, 0.5) is 0 Å². The lowest BCUT2D eigenvalue weighted by Crippen LogP contribution is -2.60. The number of amides is 3. The Balaban J connectivity index is 2.17. The van der Waals surface area contributed by atoms with Crippen LogP contribution < -0.4 is 10.9 Å². The Hall–Kier alpha value is -2.87. The zero-order chi connectivity index (χ0) is 25.5. The number of hydrazine groups is 1. The van der Waals surface area contributed by atoms with E-state index >= 15 is 0 Å². The number of morpholine rings is 1. The van der Waals surface area contributed by atoms with E-state index in [1.54, 1.807) is 35.2 Å². The predicted octanol–water partition coefficient (Wildman–Crippen LogP) is 4.92. The maximum Gasteiger partial charge on any atom is 0.261 e. The summed E-state index contributed by atoms with van der Waals surface area (Å²) in [4.78, 5) is 40.1. The normalized spacial score (nSPS) is 20.7. The van der Waals surface area contributed by atoms with E-state index in [9.17, 15) is 14.4 Å². The number of hydrogen-bond acceptors (Lipinski definition) is 4. The molecular formula is C26H29Cl2N3O4. The van der Waals surface area contributed by atoms with Crippen LogP contribution in [-0.2, 0) is 19.1 Å². The van der Waals surface area contributed by atoms with Gasteiger partial charge in [0.15, 0.2) is 0 Å². The third kappa shape index (κ3) is 6.42. The van der Waals surface area contributed by atoms with Gasteiger partial charge in [-0.1, -0.05) is 66.9 Å². The Kier molecular flexibility index (Phi) is 9.32. The van der Waals surface area contributed by atoms with Gasteiger partial charge in [-0.2, -0.15) is 0 Å². The standard InChI is InChI=1S/C26H29Cl2N3O4/c1-4-7-21(25(33)30-29-16(3)32)31-23(17-11-13-19(27)14-12-17)24(18-9-6-10-20(28)15-18)35-22(8-5-2)26(31)34/h5-6,9-15,21-24H,2,4,7-8H2,1,3H3,(H,29,32)(H,30,33)/t21?,22-,23+,24-/m0/s1. The molecule has 2 N–H and O–H groups in total. The highest BCUT2D eigenvalue weighted by Gasteiger charge is 2.48. The zero-order valence-corrected chi connectivity index (χ0v) is 21.2. The van der Waals surface area contributed by atoms with Crippen molar-refractivity contribution >= 4 is 40.9 Å². The number of nitrogens with one attached hydrogen (secondary N) is 2. The predicted molar refractivity (Wildman–Crippen MR) is 136 cm³/mol.